The largest absolute Gasteiger partial charge is 0.424 e. The lowest BCUT2D eigenvalue weighted by molar-refractivity contribution is -0.0949. The SMILES string of the molecule is CC(C)(C[C@H](/C=C/[C@@H]1[C@H]2CC(O)O[C@H]2C[C@H]1O)c1cc2ccccc2s1)[Si](O)(c1ccccc1)c1ccccc1. The molecule has 1 unspecified atom stereocenters. The summed E-state index contributed by atoms with van der Waals surface area (Å²) in [6.07, 6.45) is 5.00. The molecule has 3 N–H and O–H groups in total. The van der Waals surface area contributed by atoms with Gasteiger partial charge >= 0.3 is 0 Å². The predicted octanol–water partition coefficient (Wildman–Crippen LogP) is 5.57. The number of allylic oxidation sites excluding steroid dienone is 1. The third kappa shape index (κ3) is 5.02. The van der Waals surface area contributed by atoms with E-state index >= 15 is 0 Å². The highest BCUT2D eigenvalue weighted by Crippen LogP contribution is 2.48. The summed E-state index contributed by atoms with van der Waals surface area (Å²) in [7, 11) is -3.20. The minimum absolute atomic E-state index is 0.0531. The Labute approximate surface area is 241 Å². The number of thiophene rings is 1. The average Bonchev–Trinajstić information content (AvgIpc) is 3.63. The van der Waals surface area contributed by atoms with E-state index in [2.05, 4.69) is 80.6 Å². The highest BCUT2D eigenvalue weighted by molar-refractivity contribution is 7.19. The third-order valence-electron chi connectivity index (χ3n) is 9.16. The van der Waals surface area contributed by atoms with E-state index < -0.39 is 25.7 Å². The molecule has 1 aromatic heterocycles. The first-order valence-electron chi connectivity index (χ1n) is 14.3. The van der Waals surface area contributed by atoms with Crippen LogP contribution < -0.4 is 10.4 Å². The number of benzene rings is 3. The van der Waals surface area contributed by atoms with Crippen LogP contribution in [0.15, 0.2) is 103 Å². The van der Waals surface area contributed by atoms with Crippen LogP contribution in [0.5, 0.6) is 0 Å². The lowest BCUT2D eigenvalue weighted by Gasteiger charge is -2.42. The second-order valence-electron chi connectivity index (χ2n) is 12.1. The van der Waals surface area contributed by atoms with Crippen LogP contribution in [0.25, 0.3) is 10.1 Å². The minimum atomic E-state index is -3.20. The number of rotatable bonds is 8. The van der Waals surface area contributed by atoms with Gasteiger partial charge < -0.3 is 19.7 Å². The number of hydrogen-bond acceptors (Lipinski definition) is 5. The van der Waals surface area contributed by atoms with E-state index in [1.807, 2.05) is 36.4 Å². The van der Waals surface area contributed by atoms with E-state index in [9.17, 15) is 15.0 Å². The van der Waals surface area contributed by atoms with E-state index in [0.717, 1.165) is 16.8 Å². The van der Waals surface area contributed by atoms with Crippen molar-refractivity contribution in [2.24, 2.45) is 11.8 Å². The smallest absolute Gasteiger partial charge is 0.258 e. The average molecular weight is 571 g/mol. The zero-order chi connectivity index (χ0) is 27.9. The van der Waals surface area contributed by atoms with Gasteiger partial charge in [-0.25, -0.2) is 0 Å². The summed E-state index contributed by atoms with van der Waals surface area (Å²) < 4.78 is 6.93. The number of aliphatic hydroxyl groups is 2. The van der Waals surface area contributed by atoms with Crippen molar-refractivity contribution < 1.29 is 19.7 Å². The molecule has 2 aliphatic rings. The molecule has 1 aliphatic heterocycles. The molecule has 40 heavy (non-hydrogen) atoms. The van der Waals surface area contributed by atoms with Crippen molar-refractivity contribution >= 4 is 40.1 Å². The van der Waals surface area contributed by atoms with Gasteiger partial charge in [-0.15, -0.1) is 11.3 Å². The quantitative estimate of drug-likeness (QED) is 0.191. The number of hydrogen-bond donors (Lipinski definition) is 3. The Morgan fingerprint density at radius 2 is 1.55 bits per heavy atom. The van der Waals surface area contributed by atoms with Gasteiger partial charge in [-0.2, -0.15) is 0 Å². The molecular formula is C34H38O4SSi. The molecule has 2 heterocycles. The fourth-order valence-corrected chi connectivity index (χ4v) is 12.0. The van der Waals surface area contributed by atoms with Crippen molar-refractivity contribution in [2.75, 3.05) is 0 Å². The molecule has 0 bridgehead atoms. The van der Waals surface area contributed by atoms with Crippen molar-refractivity contribution in [3.05, 3.63) is 108 Å². The number of fused-ring (bicyclic) bond motifs is 2. The molecular weight excluding hydrogens is 533 g/mol. The standard InChI is InChI=1S/C34H38O4SSi/c1-34(2,40(37,25-12-5-3-6-13-25)26-14-7-4-8-15-26)22-24(32-19-23-11-9-10-16-31(23)39-32)17-18-27-28-20-33(36)38-30(28)21-29(27)35/h3-19,24,27-30,33,35-37H,20-22H2,1-2H3/b18-17+/t24-,27+,28+,29+,30-,33?/m0/s1. The molecule has 0 spiro atoms. The Morgan fingerprint density at radius 1 is 0.925 bits per heavy atom. The van der Waals surface area contributed by atoms with E-state index in [4.69, 9.17) is 4.74 Å². The first kappa shape index (κ1) is 27.6. The van der Waals surface area contributed by atoms with Gasteiger partial charge in [0.05, 0.1) is 12.2 Å². The van der Waals surface area contributed by atoms with Gasteiger partial charge in [0.2, 0.25) is 0 Å². The molecule has 2 fully saturated rings. The molecule has 0 radical (unpaired) electrons. The van der Waals surface area contributed by atoms with E-state index in [-0.39, 0.29) is 23.9 Å². The maximum absolute atomic E-state index is 12.8. The lowest BCUT2D eigenvalue weighted by atomic mass is 9.88. The maximum Gasteiger partial charge on any atom is 0.258 e. The van der Waals surface area contributed by atoms with Crippen LogP contribution in [0.4, 0.5) is 0 Å². The summed E-state index contributed by atoms with van der Waals surface area (Å²) in [4.78, 5) is 14.1. The lowest BCUT2D eigenvalue weighted by Crippen LogP contribution is -2.65. The molecule has 3 aromatic carbocycles. The fourth-order valence-electron chi connectivity index (χ4n) is 7.05. The summed E-state index contributed by atoms with van der Waals surface area (Å²) in [6.45, 7) is 4.43. The van der Waals surface area contributed by atoms with E-state index in [0.29, 0.717) is 12.8 Å². The van der Waals surface area contributed by atoms with Crippen LogP contribution in [0, 0.1) is 11.8 Å². The zero-order valence-corrected chi connectivity index (χ0v) is 24.9. The summed E-state index contributed by atoms with van der Waals surface area (Å²) in [5, 5.41) is 23.8. The van der Waals surface area contributed by atoms with Gasteiger partial charge in [0.25, 0.3) is 8.32 Å². The first-order chi connectivity index (χ1) is 19.3. The van der Waals surface area contributed by atoms with Gasteiger partial charge in [0.15, 0.2) is 6.29 Å². The molecule has 0 amide bonds. The van der Waals surface area contributed by atoms with E-state index in [1.54, 1.807) is 11.3 Å². The summed E-state index contributed by atoms with van der Waals surface area (Å²) in [5.74, 6) is 0.121. The Balaban J connectivity index is 1.40. The maximum atomic E-state index is 12.8. The molecule has 1 aliphatic carbocycles. The van der Waals surface area contributed by atoms with Gasteiger partial charge in [-0.1, -0.05) is 105 Å². The summed E-state index contributed by atoms with van der Waals surface area (Å²) in [6, 6.07) is 31.1. The van der Waals surface area contributed by atoms with Crippen molar-refractivity contribution in [1.29, 1.82) is 0 Å². The molecule has 6 atom stereocenters. The second kappa shape index (κ2) is 11.0. The van der Waals surface area contributed by atoms with E-state index in [1.165, 1.54) is 15.0 Å². The number of ether oxygens (including phenoxy) is 1. The van der Waals surface area contributed by atoms with Gasteiger partial charge in [0, 0.05) is 34.3 Å². The van der Waals surface area contributed by atoms with Crippen LogP contribution in [0.3, 0.4) is 0 Å². The van der Waals surface area contributed by atoms with Crippen LogP contribution in [0.2, 0.25) is 5.04 Å². The van der Waals surface area contributed by atoms with Crippen molar-refractivity contribution in [3.8, 4) is 0 Å². The monoisotopic (exact) mass is 570 g/mol. The summed E-state index contributed by atoms with van der Waals surface area (Å²) >= 11 is 1.81. The van der Waals surface area contributed by atoms with Gasteiger partial charge in [-0.3, -0.25) is 0 Å². The second-order valence-corrected chi connectivity index (χ2v) is 17.2. The number of aliphatic hydroxyl groups excluding tert-OH is 2. The van der Waals surface area contributed by atoms with Crippen LogP contribution in [0.1, 0.15) is 43.9 Å². The Bertz CT molecular complexity index is 1390. The van der Waals surface area contributed by atoms with Crippen molar-refractivity contribution in [1.82, 2.24) is 0 Å². The van der Waals surface area contributed by atoms with Crippen LogP contribution >= 0.6 is 11.3 Å². The Kier molecular flexibility index (Phi) is 7.59. The molecule has 208 valence electrons. The molecule has 1 saturated carbocycles. The highest BCUT2D eigenvalue weighted by atomic mass is 32.1. The predicted molar refractivity (Wildman–Crippen MR) is 166 cm³/mol. The Morgan fingerprint density at radius 3 is 2.20 bits per heavy atom. The summed E-state index contributed by atoms with van der Waals surface area (Å²) in [5.41, 5.74) is 0. The minimum Gasteiger partial charge on any atom is -0.424 e. The molecule has 6 heteroatoms. The molecule has 4 aromatic rings. The normalized spacial score (nSPS) is 26.0. The third-order valence-corrected chi connectivity index (χ3v) is 14.9. The van der Waals surface area contributed by atoms with Crippen molar-refractivity contribution in [2.45, 2.75) is 62.6 Å². The van der Waals surface area contributed by atoms with Gasteiger partial charge in [0.1, 0.15) is 0 Å². The fraction of sp³-hybridized carbons (Fsp3) is 0.353. The highest BCUT2D eigenvalue weighted by Gasteiger charge is 2.51. The zero-order valence-electron chi connectivity index (χ0n) is 23.1. The molecule has 4 nitrogen and oxygen atoms in total. The van der Waals surface area contributed by atoms with Gasteiger partial charge in [-0.05, 0) is 45.3 Å². The Hall–Kier alpha value is -2.58. The van der Waals surface area contributed by atoms with Crippen LogP contribution in [-0.4, -0.2) is 41.8 Å². The van der Waals surface area contributed by atoms with Crippen LogP contribution in [-0.2, 0) is 4.74 Å². The first-order valence-corrected chi connectivity index (χ1v) is 17.0. The topological polar surface area (TPSA) is 69.9 Å². The molecule has 6 rings (SSSR count). The van der Waals surface area contributed by atoms with Crippen molar-refractivity contribution in [3.63, 3.8) is 0 Å². The molecule has 1 saturated heterocycles.